The molecule has 0 amide bonds. The minimum Gasteiger partial charge on any atom is -0.283 e. The van der Waals surface area contributed by atoms with Crippen molar-refractivity contribution in [3.8, 4) is 11.4 Å². The lowest BCUT2D eigenvalue weighted by molar-refractivity contribution is 0.0943. The zero-order valence-corrected chi connectivity index (χ0v) is 16.2. The minimum absolute atomic E-state index is 0.0930. The molecule has 0 unspecified atom stereocenters. The number of para-hydroxylation sites is 1. The van der Waals surface area contributed by atoms with Crippen molar-refractivity contribution in [3.05, 3.63) is 65.9 Å². The number of aryl methyl sites for hydroxylation is 1. The van der Waals surface area contributed by atoms with Crippen LogP contribution in [0.25, 0.3) is 22.3 Å². The van der Waals surface area contributed by atoms with Crippen LogP contribution < -0.4 is 0 Å². The Labute approximate surface area is 167 Å². The molecule has 140 valence electrons. The number of carbonyl (C=O) groups excluding carboxylic acids is 1. The Hall–Kier alpha value is -2.86. The van der Waals surface area contributed by atoms with Crippen LogP contribution in [0.4, 0.5) is 0 Å². The summed E-state index contributed by atoms with van der Waals surface area (Å²) in [6, 6.07) is 18.1. The quantitative estimate of drug-likeness (QED) is 0.513. The van der Waals surface area contributed by atoms with Gasteiger partial charge in [0.05, 0.1) is 11.3 Å². The second-order valence-electron chi connectivity index (χ2n) is 7.00. The second kappa shape index (κ2) is 7.28. The van der Waals surface area contributed by atoms with E-state index in [1.165, 1.54) is 34.8 Å². The van der Waals surface area contributed by atoms with Crippen LogP contribution in [-0.4, -0.2) is 31.4 Å². The lowest BCUT2D eigenvalue weighted by Crippen LogP contribution is -2.18. The first-order chi connectivity index (χ1) is 13.8. The van der Waals surface area contributed by atoms with Gasteiger partial charge in [-0.2, -0.15) is 0 Å². The number of aromatic amines is 1. The molecular weight excluding hydrogens is 368 g/mol. The summed E-state index contributed by atoms with van der Waals surface area (Å²) in [6.07, 6.45) is 4.37. The van der Waals surface area contributed by atoms with Gasteiger partial charge in [-0.15, -0.1) is 5.10 Å². The summed E-state index contributed by atoms with van der Waals surface area (Å²) < 4.78 is 1.93. The van der Waals surface area contributed by atoms with Crippen molar-refractivity contribution in [1.29, 1.82) is 0 Å². The first-order valence-corrected chi connectivity index (χ1v) is 10.5. The fourth-order valence-electron chi connectivity index (χ4n) is 4.01. The van der Waals surface area contributed by atoms with Crippen molar-refractivity contribution in [2.24, 2.45) is 0 Å². The van der Waals surface area contributed by atoms with E-state index in [1.54, 1.807) is 0 Å². The lowest BCUT2D eigenvalue weighted by Gasteiger charge is -2.14. The predicted octanol–water partition coefficient (Wildman–Crippen LogP) is 4.74. The van der Waals surface area contributed by atoms with Gasteiger partial charge in [-0.05, 0) is 37.3 Å². The number of fused-ring (bicyclic) bond motifs is 3. The summed E-state index contributed by atoms with van der Waals surface area (Å²) in [7, 11) is 0. The van der Waals surface area contributed by atoms with Gasteiger partial charge in [0.25, 0.3) is 0 Å². The molecule has 2 aromatic heterocycles. The first kappa shape index (κ1) is 17.3. The highest BCUT2D eigenvalue weighted by molar-refractivity contribution is 7.99. The highest BCUT2D eigenvalue weighted by Crippen LogP contribution is 2.32. The molecule has 2 heterocycles. The number of carbonyl (C=O) groups is 1. The number of thioether (sulfide) groups is 1. The van der Waals surface area contributed by atoms with Gasteiger partial charge in [-0.3, -0.25) is 14.5 Å². The molecule has 0 atom stereocenters. The van der Waals surface area contributed by atoms with Crippen molar-refractivity contribution < 1.29 is 4.79 Å². The maximum Gasteiger partial charge on any atom is 0.241 e. The van der Waals surface area contributed by atoms with Crippen LogP contribution in [0.3, 0.4) is 0 Å². The highest BCUT2D eigenvalue weighted by Gasteiger charge is 2.23. The number of nitrogens with one attached hydrogen (secondary N) is 1. The number of rotatable bonds is 4. The molecule has 5 rings (SSSR count). The maximum atomic E-state index is 13.1. The summed E-state index contributed by atoms with van der Waals surface area (Å²) in [5.41, 5.74) is 4.56. The zero-order valence-electron chi connectivity index (χ0n) is 15.4. The van der Waals surface area contributed by atoms with Crippen molar-refractivity contribution in [3.63, 3.8) is 0 Å². The van der Waals surface area contributed by atoms with Crippen LogP contribution in [0.2, 0.25) is 0 Å². The molecule has 6 heteroatoms. The zero-order chi connectivity index (χ0) is 18.9. The van der Waals surface area contributed by atoms with Gasteiger partial charge in [0.1, 0.15) is 0 Å². The summed E-state index contributed by atoms with van der Waals surface area (Å²) in [4.78, 5) is 17.6. The Morgan fingerprint density at radius 2 is 1.82 bits per heavy atom. The van der Waals surface area contributed by atoms with Crippen LogP contribution in [-0.2, 0) is 12.8 Å². The molecule has 1 aliphatic carbocycles. The number of nitrogens with zero attached hydrogens (tertiary/aromatic N) is 3. The third-order valence-electron chi connectivity index (χ3n) is 5.26. The maximum absolute atomic E-state index is 13.1. The molecule has 0 radical (unpaired) electrons. The Balaban J connectivity index is 1.39. The molecular formula is C22H20N4OS. The molecule has 0 bridgehead atoms. The van der Waals surface area contributed by atoms with Crippen LogP contribution >= 0.6 is 11.8 Å². The van der Waals surface area contributed by atoms with E-state index in [2.05, 4.69) is 33.4 Å². The molecule has 0 spiro atoms. The Morgan fingerprint density at radius 1 is 1.04 bits per heavy atom. The highest BCUT2D eigenvalue weighted by atomic mass is 32.2. The lowest BCUT2D eigenvalue weighted by atomic mass is 9.96. The normalized spacial score (nSPS) is 13.6. The molecule has 2 aromatic carbocycles. The van der Waals surface area contributed by atoms with Crippen molar-refractivity contribution in [2.75, 3.05) is 5.75 Å². The summed E-state index contributed by atoms with van der Waals surface area (Å²) in [6.45, 7) is 0. The SMILES string of the molecule is O=C(CSc1n[nH]c(-c2ccccc2)n1)n1c2c(c3ccccc31)CCCC2. The van der Waals surface area contributed by atoms with Gasteiger partial charge in [-0.25, -0.2) is 4.98 Å². The Bertz CT molecular complexity index is 1150. The second-order valence-corrected chi connectivity index (χ2v) is 7.94. The molecule has 0 saturated heterocycles. The monoisotopic (exact) mass is 388 g/mol. The van der Waals surface area contributed by atoms with Gasteiger partial charge in [0.2, 0.25) is 11.1 Å². The number of hydrogen-bond donors (Lipinski definition) is 1. The fraction of sp³-hybridized carbons (Fsp3) is 0.227. The van der Waals surface area contributed by atoms with E-state index in [-0.39, 0.29) is 5.91 Å². The van der Waals surface area contributed by atoms with Crippen molar-refractivity contribution in [1.82, 2.24) is 19.7 Å². The average molecular weight is 388 g/mol. The standard InChI is InChI=1S/C22H20N4OS/c27-20(14-28-22-23-21(24-25-22)15-8-2-1-3-9-15)26-18-12-6-4-10-16(18)17-11-5-7-13-19(17)26/h1-4,6,8-10,12H,5,7,11,13-14H2,(H,23,24,25). The van der Waals surface area contributed by atoms with E-state index in [0.717, 1.165) is 36.2 Å². The van der Waals surface area contributed by atoms with Crippen LogP contribution in [0, 0.1) is 0 Å². The van der Waals surface area contributed by atoms with Crippen LogP contribution in [0.15, 0.2) is 59.8 Å². The summed E-state index contributed by atoms with van der Waals surface area (Å²) in [5.74, 6) is 1.13. The molecule has 1 N–H and O–H groups in total. The van der Waals surface area contributed by atoms with E-state index < -0.39 is 0 Å². The predicted molar refractivity (Wildman–Crippen MR) is 112 cm³/mol. The first-order valence-electron chi connectivity index (χ1n) is 9.56. The fourth-order valence-corrected chi connectivity index (χ4v) is 4.65. The third kappa shape index (κ3) is 3.03. The largest absolute Gasteiger partial charge is 0.283 e. The van der Waals surface area contributed by atoms with E-state index in [4.69, 9.17) is 0 Å². The summed E-state index contributed by atoms with van der Waals surface area (Å²) in [5, 5.41) is 9.04. The van der Waals surface area contributed by atoms with Gasteiger partial charge in [0, 0.05) is 16.6 Å². The van der Waals surface area contributed by atoms with Gasteiger partial charge < -0.3 is 0 Å². The molecule has 0 aliphatic heterocycles. The van der Waals surface area contributed by atoms with Crippen molar-refractivity contribution >= 4 is 28.6 Å². The van der Waals surface area contributed by atoms with Gasteiger partial charge >= 0.3 is 0 Å². The molecule has 0 fully saturated rings. The van der Waals surface area contributed by atoms with Gasteiger partial charge in [0.15, 0.2) is 5.82 Å². The van der Waals surface area contributed by atoms with E-state index in [0.29, 0.717) is 10.9 Å². The van der Waals surface area contributed by atoms with E-state index in [1.807, 2.05) is 41.0 Å². The van der Waals surface area contributed by atoms with Crippen LogP contribution in [0.1, 0.15) is 28.9 Å². The van der Waals surface area contributed by atoms with Crippen LogP contribution in [0.5, 0.6) is 0 Å². The number of H-pyrrole nitrogens is 1. The van der Waals surface area contributed by atoms with Gasteiger partial charge in [-0.1, -0.05) is 60.3 Å². The molecule has 5 nitrogen and oxygen atoms in total. The topological polar surface area (TPSA) is 63.6 Å². The Morgan fingerprint density at radius 3 is 2.71 bits per heavy atom. The number of benzene rings is 2. The Kier molecular flexibility index (Phi) is 4.49. The van der Waals surface area contributed by atoms with E-state index in [9.17, 15) is 4.79 Å². The third-order valence-corrected chi connectivity index (χ3v) is 6.10. The molecule has 1 aliphatic rings. The summed E-state index contributed by atoms with van der Waals surface area (Å²) >= 11 is 1.38. The number of aromatic nitrogens is 4. The smallest absolute Gasteiger partial charge is 0.241 e. The van der Waals surface area contributed by atoms with E-state index >= 15 is 0 Å². The number of hydrogen-bond acceptors (Lipinski definition) is 4. The average Bonchev–Trinajstić information content (AvgIpc) is 3.36. The van der Waals surface area contributed by atoms with Crippen molar-refractivity contribution in [2.45, 2.75) is 30.8 Å². The minimum atomic E-state index is 0.0930. The molecule has 4 aromatic rings. The molecule has 28 heavy (non-hydrogen) atoms. The molecule has 0 saturated carbocycles.